The average Bonchev–Trinajstić information content (AvgIpc) is 2.88. The predicted octanol–water partition coefficient (Wildman–Crippen LogP) is 8.50. The van der Waals surface area contributed by atoms with Crippen molar-refractivity contribution in [3.05, 3.63) is 144 Å². The van der Waals surface area contributed by atoms with E-state index in [0.717, 1.165) is 12.8 Å². The molecule has 0 aromatic heterocycles. The van der Waals surface area contributed by atoms with E-state index in [1.807, 2.05) is 0 Å². The Kier molecular flexibility index (Phi) is 9.13. The molecule has 0 heterocycles. The molecule has 158 valence electrons. The van der Waals surface area contributed by atoms with Gasteiger partial charge in [0.1, 0.15) is 0 Å². The van der Waals surface area contributed by atoms with Crippen LogP contribution in [0.2, 0.25) is 0 Å². The lowest BCUT2D eigenvalue weighted by Crippen LogP contribution is -1.97. The van der Waals surface area contributed by atoms with E-state index in [9.17, 15) is 0 Å². The first-order valence-corrected chi connectivity index (χ1v) is 11.3. The van der Waals surface area contributed by atoms with Gasteiger partial charge in [-0.05, 0) is 33.4 Å². The SMILES string of the molecule is CCC#CCC.c1ccc(C(=C(c2ccccc2)c2ccccc2)c2ccccc2)cc1. The van der Waals surface area contributed by atoms with Crippen LogP contribution in [0.15, 0.2) is 121 Å². The van der Waals surface area contributed by atoms with Gasteiger partial charge in [0.15, 0.2) is 0 Å². The van der Waals surface area contributed by atoms with Crippen molar-refractivity contribution in [3.8, 4) is 11.8 Å². The van der Waals surface area contributed by atoms with Crippen molar-refractivity contribution in [3.63, 3.8) is 0 Å². The lowest BCUT2D eigenvalue weighted by Gasteiger charge is -2.18. The molecule has 4 aromatic rings. The first-order chi connectivity index (χ1) is 15.8. The van der Waals surface area contributed by atoms with Gasteiger partial charge in [-0.1, -0.05) is 135 Å². The van der Waals surface area contributed by atoms with Gasteiger partial charge in [0, 0.05) is 12.8 Å². The van der Waals surface area contributed by atoms with Gasteiger partial charge in [0.25, 0.3) is 0 Å². The topological polar surface area (TPSA) is 0 Å². The van der Waals surface area contributed by atoms with Crippen molar-refractivity contribution in [2.75, 3.05) is 0 Å². The quantitative estimate of drug-likeness (QED) is 0.232. The minimum absolute atomic E-state index is 0.994. The Balaban J connectivity index is 0.000000427. The van der Waals surface area contributed by atoms with E-state index < -0.39 is 0 Å². The zero-order valence-corrected chi connectivity index (χ0v) is 19.0. The lowest BCUT2D eigenvalue weighted by molar-refractivity contribution is 1.23. The smallest absolute Gasteiger partial charge is 0.00602 e. The third kappa shape index (κ3) is 6.34. The third-order valence-electron chi connectivity index (χ3n) is 4.98. The molecule has 0 aliphatic heterocycles. The van der Waals surface area contributed by atoms with Gasteiger partial charge in [-0.2, -0.15) is 0 Å². The van der Waals surface area contributed by atoms with Crippen molar-refractivity contribution in [2.45, 2.75) is 26.7 Å². The van der Waals surface area contributed by atoms with Crippen LogP contribution in [0.4, 0.5) is 0 Å². The Morgan fingerprint density at radius 3 is 0.812 bits per heavy atom. The van der Waals surface area contributed by atoms with Crippen molar-refractivity contribution in [1.29, 1.82) is 0 Å². The summed E-state index contributed by atoms with van der Waals surface area (Å²) in [5.74, 6) is 5.90. The zero-order valence-electron chi connectivity index (χ0n) is 19.0. The van der Waals surface area contributed by atoms with Gasteiger partial charge in [0.05, 0.1) is 0 Å². The largest absolute Gasteiger partial charge is 0.104 e. The second-order valence-corrected chi connectivity index (χ2v) is 7.27. The van der Waals surface area contributed by atoms with Gasteiger partial charge in [-0.15, -0.1) is 11.8 Å². The lowest BCUT2D eigenvalue weighted by atomic mass is 9.86. The molecule has 0 unspecified atom stereocenters. The maximum atomic E-state index is 2.95. The summed E-state index contributed by atoms with van der Waals surface area (Å²) < 4.78 is 0. The van der Waals surface area contributed by atoms with Crippen molar-refractivity contribution < 1.29 is 0 Å². The van der Waals surface area contributed by atoms with Crippen LogP contribution in [-0.2, 0) is 0 Å². The van der Waals surface area contributed by atoms with E-state index in [-0.39, 0.29) is 0 Å². The summed E-state index contributed by atoms with van der Waals surface area (Å²) in [5.41, 5.74) is 7.40. The highest BCUT2D eigenvalue weighted by Gasteiger charge is 2.15. The first-order valence-electron chi connectivity index (χ1n) is 11.3. The highest BCUT2D eigenvalue weighted by Crippen LogP contribution is 2.36. The second-order valence-electron chi connectivity index (χ2n) is 7.27. The van der Waals surface area contributed by atoms with Gasteiger partial charge in [-0.3, -0.25) is 0 Å². The van der Waals surface area contributed by atoms with Crippen LogP contribution < -0.4 is 0 Å². The summed E-state index contributed by atoms with van der Waals surface area (Å²) in [6, 6.07) is 42.6. The minimum Gasteiger partial charge on any atom is -0.104 e. The first kappa shape index (κ1) is 22.9. The van der Waals surface area contributed by atoms with Gasteiger partial charge >= 0.3 is 0 Å². The van der Waals surface area contributed by atoms with Gasteiger partial charge < -0.3 is 0 Å². The molecule has 0 atom stereocenters. The molecule has 0 radical (unpaired) electrons. The van der Waals surface area contributed by atoms with Crippen LogP contribution in [0.3, 0.4) is 0 Å². The zero-order chi connectivity index (χ0) is 22.4. The number of rotatable bonds is 4. The Hall–Kier alpha value is -3.82. The maximum Gasteiger partial charge on any atom is 0.00602 e. The number of hydrogen-bond acceptors (Lipinski definition) is 0. The van der Waals surface area contributed by atoms with Crippen LogP contribution in [0, 0.1) is 11.8 Å². The standard InChI is InChI=1S/C26H20.C6H10/c1-5-13-21(14-6-1)25(22-15-7-2-8-16-22)26(23-17-9-3-10-18-23)24-19-11-4-12-20-24;1-3-5-6-4-2/h1-20H;3-4H2,1-2H3. The highest BCUT2D eigenvalue weighted by molar-refractivity contribution is 6.04. The summed E-state index contributed by atoms with van der Waals surface area (Å²) >= 11 is 0. The summed E-state index contributed by atoms with van der Waals surface area (Å²) in [7, 11) is 0. The molecule has 0 amide bonds. The minimum atomic E-state index is 0.994. The average molecular weight is 415 g/mol. The summed E-state index contributed by atoms with van der Waals surface area (Å²) in [4.78, 5) is 0. The molecule has 0 spiro atoms. The summed E-state index contributed by atoms with van der Waals surface area (Å²) in [6.07, 6.45) is 1.99. The maximum absolute atomic E-state index is 2.95. The molecule has 32 heavy (non-hydrogen) atoms. The molecule has 0 aliphatic carbocycles. The molecule has 0 saturated heterocycles. The summed E-state index contributed by atoms with van der Waals surface area (Å²) in [5, 5.41) is 0. The molecule has 4 aromatic carbocycles. The third-order valence-corrected chi connectivity index (χ3v) is 4.98. The monoisotopic (exact) mass is 414 g/mol. The fourth-order valence-corrected chi connectivity index (χ4v) is 3.58. The molecule has 0 N–H and O–H groups in total. The van der Waals surface area contributed by atoms with Crippen LogP contribution in [-0.4, -0.2) is 0 Å². The van der Waals surface area contributed by atoms with E-state index in [4.69, 9.17) is 0 Å². The molecule has 0 fully saturated rings. The molecular weight excluding hydrogens is 384 g/mol. The normalized spacial score (nSPS) is 9.56. The Labute approximate surface area is 193 Å². The Morgan fingerprint density at radius 1 is 0.406 bits per heavy atom. The van der Waals surface area contributed by atoms with Crippen LogP contribution >= 0.6 is 0 Å². The van der Waals surface area contributed by atoms with Crippen molar-refractivity contribution in [2.24, 2.45) is 0 Å². The molecule has 0 aliphatic rings. The molecule has 0 heteroatoms. The Morgan fingerprint density at radius 2 is 0.625 bits per heavy atom. The van der Waals surface area contributed by atoms with E-state index in [0.29, 0.717) is 0 Å². The summed E-state index contributed by atoms with van der Waals surface area (Å²) in [6.45, 7) is 4.12. The molecular formula is C32H30. The molecule has 0 bridgehead atoms. The second kappa shape index (κ2) is 12.8. The van der Waals surface area contributed by atoms with Crippen molar-refractivity contribution in [1.82, 2.24) is 0 Å². The number of hydrogen-bond donors (Lipinski definition) is 0. The van der Waals surface area contributed by atoms with E-state index in [2.05, 4.69) is 147 Å². The van der Waals surface area contributed by atoms with E-state index in [1.54, 1.807) is 0 Å². The molecule has 0 nitrogen and oxygen atoms in total. The number of benzene rings is 4. The fourth-order valence-electron chi connectivity index (χ4n) is 3.58. The van der Waals surface area contributed by atoms with Crippen molar-refractivity contribution >= 4 is 11.1 Å². The highest BCUT2D eigenvalue weighted by atomic mass is 14.2. The van der Waals surface area contributed by atoms with Crippen LogP contribution in [0.5, 0.6) is 0 Å². The Bertz CT molecular complexity index is 968. The van der Waals surface area contributed by atoms with E-state index >= 15 is 0 Å². The fraction of sp³-hybridized carbons (Fsp3) is 0.125. The molecule has 0 saturated carbocycles. The van der Waals surface area contributed by atoms with Crippen LogP contribution in [0.25, 0.3) is 11.1 Å². The van der Waals surface area contributed by atoms with E-state index in [1.165, 1.54) is 33.4 Å². The molecule has 4 rings (SSSR count). The van der Waals surface area contributed by atoms with Gasteiger partial charge in [0.2, 0.25) is 0 Å². The van der Waals surface area contributed by atoms with Gasteiger partial charge in [-0.25, -0.2) is 0 Å². The predicted molar refractivity (Wildman–Crippen MR) is 139 cm³/mol. The van der Waals surface area contributed by atoms with Crippen LogP contribution in [0.1, 0.15) is 48.9 Å².